The number of methoxy groups -OCH3 is 1. The van der Waals surface area contributed by atoms with Gasteiger partial charge >= 0.3 is 5.97 Å². The van der Waals surface area contributed by atoms with Gasteiger partial charge in [-0.2, -0.15) is 4.31 Å². The predicted octanol–water partition coefficient (Wildman–Crippen LogP) is 4.28. The quantitative estimate of drug-likeness (QED) is 0.388. The summed E-state index contributed by atoms with van der Waals surface area (Å²) >= 11 is 0. The number of nitrogens with one attached hydrogen (secondary N) is 1. The van der Waals surface area contributed by atoms with E-state index >= 15 is 0 Å². The number of amides is 1. The van der Waals surface area contributed by atoms with Crippen LogP contribution in [0, 0.1) is 11.3 Å². The Hall–Kier alpha value is -2.66. The molecule has 2 heterocycles. The van der Waals surface area contributed by atoms with Gasteiger partial charge in [0.25, 0.3) is 5.91 Å². The molecule has 0 bridgehead atoms. The summed E-state index contributed by atoms with van der Waals surface area (Å²) in [5.74, 6) is -0.169. The van der Waals surface area contributed by atoms with Crippen molar-refractivity contribution in [3.63, 3.8) is 0 Å². The first-order valence-electron chi connectivity index (χ1n) is 14.1. The molecule has 10 nitrogen and oxygen atoms in total. The Kier molecular flexibility index (Phi) is 10.3. The Morgan fingerprint density at radius 1 is 1.15 bits per heavy atom. The number of nitrogens with zero attached hydrogens (tertiary/aromatic N) is 2. The number of piperidine rings is 1. The van der Waals surface area contributed by atoms with Crippen molar-refractivity contribution in [1.29, 1.82) is 0 Å². The van der Waals surface area contributed by atoms with Crippen molar-refractivity contribution in [1.82, 2.24) is 9.62 Å². The number of esters is 1. The molecular formula is C29H45N3O7S. The van der Waals surface area contributed by atoms with Crippen molar-refractivity contribution < 1.29 is 32.3 Å². The van der Waals surface area contributed by atoms with Gasteiger partial charge in [-0.05, 0) is 48.4 Å². The normalized spacial score (nSPS) is 19.1. The molecule has 1 aromatic rings. The van der Waals surface area contributed by atoms with Crippen LogP contribution in [0.5, 0.6) is 5.75 Å². The van der Waals surface area contributed by atoms with Gasteiger partial charge in [0.1, 0.15) is 29.2 Å². The Bertz CT molecular complexity index is 1170. The number of carbonyl (C=O) groups is 2. The molecule has 0 aromatic heterocycles. The van der Waals surface area contributed by atoms with E-state index in [0.717, 1.165) is 12.8 Å². The number of oxime groups is 1. The predicted molar refractivity (Wildman–Crippen MR) is 152 cm³/mol. The number of hydrogen-bond donors (Lipinski definition) is 1. The fourth-order valence-corrected chi connectivity index (χ4v) is 6.46. The van der Waals surface area contributed by atoms with Gasteiger partial charge in [-0.15, -0.1) is 0 Å². The van der Waals surface area contributed by atoms with E-state index in [0.29, 0.717) is 25.0 Å². The third kappa shape index (κ3) is 7.75. The van der Waals surface area contributed by atoms with Crippen molar-refractivity contribution in [3.8, 4) is 5.75 Å². The Morgan fingerprint density at radius 3 is 2.30 bits per heavy atom. The minimum atomic E-state index is -3.67. The number of hydrogen-bond acceptors (Lipinski definition) is 8. The molecule has 2 atom stereocenters. The second-order valence-electron chi connectivity index (χ2n) is 12.3. The van der Waals surface area contributed by atoms with Gasteiger partial charge in [0.15, 0.2) is 0 Å². The van der Waals surface area contributed by atoms with E-state index in [1.165, 1.54) is 23.5 Å². The van der Waals surface area contributed by atoms with Crippen molar-refractivity contribution >= 4 is 27.6 Å². The fourth-order valence-electron chi connectivity index (χ4n) is 5.02. The third-order valence-electron chi connectivity index (χ3n) is 7.50. The summed E-state index contributed by atoms with van der Waals surface area (Å²) in [4.78, 5) is 32.3. The average molecular weight is 580 g/mol. The van der Waals surface area contributed by atoms with E-state index in [1.54, 1.807) is 12.1 Å². The molecule has 1 saturated heterocycles. The summed E-state index contributed by atoms with van der Waals surface area (Å²) < 4.78 is 38.7. The van der Waals surface area contributed by atoms with Crippen LogP contribution in [-0.4, -0.2) is 68.3 Å². The maximum atomic E-state index is 13.2. The van der Waals surface area contributed by atoms with Crippen LogP contribution in [-0.2, 0) is 29.2 Å². The lowest BCUT2D eigenvalue weighted by Crippen LogP contribution is -2.49. The molecule has 0 aliphatic carbocycles. The Balaban J connectivity index is 1.61. The molecule has 1 spiro atoms. The average Bonchev–Trinajstić information content (AvgIpc) is 3.30. The highest BCUT2D eigenvalue weighted by Crippen LogP contribution is 2.36. The Morgan fingerprint density at radius 2 is 1.77 bits per heavy atom. The SMILES string of the molecule is CCCC(OC(=O)C(CC(C)C)NC(=O)C1=NOC2(CCN(S(=O)(=O)c3ccc(OC)cc3)CC2)C1)C(C)(C)C. The van der Waals surface area contributed by atoms with Crippen molar-refractivity contribution in [2.45, 2.75) is 103 Å². The van der Waals surface area contributed by atoms with E-state index in [2.05, 4.69) is 10.5 Å². The minimum absolute atomic E-state index is 0.155. The topological polar surface area (TPSA) is 124 Å². The zero-order valence-corrected chi connectivity index (χ0v) is 25.7. The summed E-state index contributed by atoms with van der Waals surface area (Å²) in [6.07, 6.45) is 2.84. The maximum absolute atomic E-state index is 13.2. The molecule has 224 valence electrons. The van der Waals surface area contributed by atoms with E-state index < -0.39 is 33.5 Å². The van der Waals surface area contributed by atoms with Gasteiger partial charge in [0.2, 0.25) is 10.0 Å². The van der Waals surface area contributed by atoms with Gasteiger partial charge in [-0.25, -0.2) is 13.2 Å². The summed E-state index contributed by atoms with van der Waals surface area (Å²) in [6.45, 7) is 12.6. The van der Waals surface area contributed by atoms with Crippen molar-refractivity contribution in [2.75, 3.05) is 20.2 Å². The monoisotopic (exact) mass is 579 g/mol. The fraction of sp³-hybridized carbons (Fsp3) is 0.690. The molecule has 40 heavy (non-hydrogen) atoms. The molecule has 1 aromatic carbocycles. The lowest BCUT2D eigenvalue weighted by molar-refractivity contribution is -0.159. The smallest absolute Gasteiger partial charge is 0.328 e. The maximum Gasteiger partial charge on any atom is 0.328 e. The molecule has 11 heteroatoms. The molecule has 1 N–H and O–H groups in total. The van der Waals surface area contributed by atoms with Gasteiger partial charge in [0.05, 0.1) is 12.0 Å². The van der Waals surface area contributed by atoms with E-state index in [9.17, 15) is 18.0 Å². The Labute approximate surface area is 238 Å². The molecule has 2 unspecified atom stereocenters. The molecule has 3 rings (SSSR count). The summed E-state index contributed by atoms with van der Waals surface area (Å²) in [7, 11) is -2.15. The highest BCUT2D eigenvalue weighted by atomic mass is 32.2. The highest BCUT2D eigenvalue weighted by Gasteiger charge is 2.46. The van der Waals surface area contributed by atoms with Crippen LogP contribution in [0.3, 0.4) is 0 Å². The second-order valence-corrected chi connectivity index (χ2v) is 14.2. The van der Waals surface area contributed by atoms with Crippen molar-refractivity contribution in [3.05, 3.63) is 24.3 Å². The van der Waals surface area contributed by atoms with Gasteiger partial charge < -0.3 is 19.6 Å². The minimum Gasteiger partial charge on any atom is -0.497 e. The molecule has 0 radical (unpaired) electrons. The largest absolute Gasteiger partial charge is 0.497 e. The third-order valence-corrected chi connectivity index (χ3v) is 9.42. The molecule has 2 aliphatic heterocycles. The van der Waals surface area contributed by atoms with Crippen LogP contribution in [0.2, 0.25) is 0 Å². The van der Waals surface area contributed by atoms with Gasteiger partial charge in [-0.1, -0.05) is 53.1 Å². The van der Waals surface area contributed by atoms with E-state index in [4.69, 9.17) is 14.3 Å². The van der Waals surface area contributed by atoms with Gasteiger partial charge in [-0.3, -0.25) is 4.79 Å². The molecule has 1 amide bonds. The number of carbonyl (C=O) groups excluding carboxylic acids is 2. The van der Waals surface area contributed by atoms with Crippen LogP contribution in [0.4, 0.5) is 0 Å². The molecule has 2 aliphatic rings. The van der Waals surface area contributed by atoms with Crippen LogP contribution in [0.25, 0.3) is 0 Å². The van der Waals surface area contributed by atoms with Gasteiger partial charge in [0, 0.05) is 32.4 Å². The number of benzene rings is 1. The molecule has 0 saturated carbocycles. The van der Waals surface area contributed by atoms with Crippen LogP contribution in [0.15, 0.2) is 34.3 Å². The number of rotatable bonds is 11. The standard InChI is InChI=1S/C29H45N3O7S/c1-8-9-25(28(4,5)6)38-27(34)23(18-20(2)3)30-26(33)24-19-29(39-31-24)14-16-32(17-15-29)40(35,36)22-12-10-21(37-7)11-13-22/h10-13,20,23,25H,8-9,14-19H2,1-7H3,(H,30,33). The zero-order valence-electron chi connectivity index (χ0n) is 24.9. The molecular weight excluding hydrogens is 534 g/mol. The van der Waals surface area contributed by atoms with E-state index in [1.807, 2.05) is 41.5 Å². The second kappa shape index (κ2) is 12.9. The van der Waals surface area contributed by atoms with E-state index in [-0.39, 0.29) is 47.6 Å². The lowest BCUT2D eigenvalue weighted by atomic mass is 9.86. The summed E-state index contributed by atoms with van der Waals surface area (Å²) in [6, 6.07) is 5.49. The summed E-state index contributed by atoms with van der Waals surface area (Å²) in [5.41, 5.74) is -0.761. The number of ether oxygens (including phenoxy) is 2. The van der Waals surface area contributed by atoms with Crippen LogP contribution in [0.1, 0.15) is 80.1 Å². The number of sulfonamides is 1. The lowest BCUT2D eigenvalue weighted by Gasteiger charge is -2.36. The first kappa shape index (κ1) is 31.9. The highest BCUT2D eigenvalue weighted by molar-refractivity contribution is 7.89. The zero-order chi connectivity index (χ0) is 29.7. The first-order valence-corrected chi connectivity index (χ1v) is 15.6. The van der Waals surface area contributed by atoms with Crippen LogP contribution < -0.4 is 10.1 Å². The van der Waals surface area contributed by atoms with Crippen LogP contribution >= 0.6 is 0 Å². The van der Waals surface area contributed by atoms with Crippen molar-refractivity contribution in [2.24, 2.45) is 16.5 Å². The summed E-state index contributed by atoms with van der Waals surface area (Å²) in [5, 5.41) is 6.90. The first-order chi connectivity index (χ1) is 18.7. The molecule has 1 fully saturated rings.